The first-order valence-corrected chi connectivity index (χ1v) is 8.33. The number of nitrogens with one attached hydrogen (secondary N) is 1. The number of aryl methyl sites for hydroxylation is 2. The Morgan fingerprint density at radius 2 is 1.92 bits per heavy atom. The van der Waals surface area contributed by atoms with E-state index in [1.807, 2.05) is 6.92 Å². The summed E-state index contributed by atoms with van der Waals surface area (Å²) >= 11 is 1.29. The fourth-order valence-corrected chi connectivity index (χ4v) is 3.68. The standard InChI is InChI=1S/C18H16FNO4S/c1-8-10(3)25-17(14(8)18(22)23-4)20-16(21)15-9(2)12-7-11(19)5-6-13(12)24-15/h5-7H,1-4H3,(H,20,21). The van der Waals surface area contributed by atoms with Crippen LogP contribution in [0, 0.1) is 26.6 Å². The molecule has 0 saturated heterocycles. The Bertz CT molecular complexity index is 1000. The average Bonchev–Trinajstić information content (AvgIpc) is 3.04. The van der Waals surface area contributed by atoms with Gasteiger partial charge in [-0.05, 0) is 44.5 Å². The maximum atomic E-state index is 13.4. The molecule has 0 saturated carbocycles. The van der Waals surface area contributed by atoms with Crippen molar-refractivity contribution in [1.82, 2.24) is 0 Å². The van der Waals surface area contributed by atoms with Crippen molar-refractivity contribution in [1.29, 1.82) is 0 Å². The number of amides is 1. The average molecular weight is 361 g/mol. The van der Waals surface area contributed by atoms with E-state index in [-0.39, 0.29) is 5.76 Å². The molecule has 1 N–H and O–H groups in total. The van der Waals surface area contributed by atoms with E-state index in [1.54, 1.807) is 13.8 Å². The highest BCUT2D eigenvalue weighted by Gasteiger charge is 2.24. The summed E-state index contributed by atoms with van der Waals surface area (Å²) in [6, 6.07) is 4.08. The summed E-state index contributed by atoms with van der Waals surface area (Å²) in [5, 5.41) is 3.65. The quantitative estimate of drug-likeness (QED) is 0.693. The fourth-order valence-electron chi connectivity index (χ4n) is 2.63. The lowest BCUT2D eigenvalue weighted by Gasteiger charge is -2.05. The molecule has 25 heavy (non-hydrogen) atoms. The molecule has 0 aliphatic rings. The number of fused-ring (bicyclic) bond motifs is 1. The Kier molecular flexibility index (Phi) is 4.34. The van der Waals surface area contributed by atoms with Gasteiger partial charge < -0.3 is 14.5 Å². The molecule has 0 aliphatic carbocycles. The molecule has 0 atom stereocenters. The van der Waals surface area contributed by atoms with E-state index < -0.39 is 17.7 Å². The molecule has 2 aromatic heterocycles. The predicted molar refractivity (Wildman–Crippen MR) is 94.0 cm³/mol. The van der Waals surface area contributed by atoms with Crippen molar-refractivity contribution in [2.75, 3.05) is 12.4 Å². The third-order valence-corrected chi connectivity index (χ3v) is 5.23. The van der Waals surface area contributed by atoms with Crippen LogP contribution in [0.2, 0.25) is 0 Å². The zero-order valence-electron chi connectivity index (χ0n) is 14.2. The number of methoxy groups -OCH3 is 1. The Balaban J connectivity index is 2.00. The van der Waals surface area contributed by atoms with Gasteiger partial charge >= 0.3 is 5.97 Å². The van der Waals surface area contributed by atoms with E-state index in [2.05, 4.69) is 5.32 Å². The zero-order valence-corrected chi connectivity index (χ0v) is 15.0. The number of hydrogen-bond acceptors (Lipinski definition) is 5. The summed E-state index contributed by atoms with van der Waals surface area (Å²) in [6.07, 6.45) is 0. The summed E-state index contributed by atoms with van der Waals surface area (Å²) in [6.45, 7) is 5.34. The van der Waals surface area contributed by atoms with Crippen LogP contribution in [0.25, 0.3) is 11.0 Å². The molecule has 3 aromatic rings. The Labute approximate surface area is 147 Å². The largest absolute Gasteiger partial charge is 0.465 e. The maximum absolute atomic E-state index is 13.4. The third-order valence-electron chi connectivity index (χ3n) is 4.11. The molecule has 0 radical (unpaired) electrons. The van der Waals surface area contributed by atoms with E-state index in [1.165, 1.54) is 36.6 Å². The first kappa shape index (κ1) is 17.2. The van der Waals surface area contributed by atoms with Crippen LogP contribution in [0.3, 0.4) is 0 Å². The molecule has 0 bridgehead atoms. The maximum Gasteiger partial charge on any atom is 0.341 e. The number of thiophene rings is 1. The van der Waals surface area contributed by atoms with Gasteiger partial charge in [-0.15, -0.1) is 11.3 Å². The molecule has 0 spiro atoms. The predicted octanol–water partition coefficient (Wildman–Crippen LogP) is 4.60. The number of ether oxygens (including phenoxy) is 1. The summed E-state index contributed by atoms with van der Waals surface area (Å²) in [7, 11) is 1.29. The molecule has 3 rings (SSSR count). The lowest BCUT2D eigenvalue weighted by Crippen LogP contribution is -2.14. The second-order valence-corrected chi connectivity index (χ2v) is 6.85. The smallest absolute Gasteiger partial charge is 0.341 e. The lowest BCUT2D eigenvalue weighted by molar-refractivity contribution is 0.0601. The number of benzene rings is 1. The minimum atomic E-state index is -0.513. The number of esters is 1. The molecule has 1 amide bonds. The van der Waals surface area contributed by atoms with Crippen LogP contribution in [-0.4, -0.2) is 19.0 Å². The van der Waals surface area contributed by atoms with Gasteiger partial charge in [-0.2, -0.15) is 0 Å². The van der Waals surface area contributed by atoms with E-state index in [4.69, 9.17) is 9.15 Å². The number of hydrogen-bond donors (Lipinski definition) is 1. The molecule has 0 aliphatic heterocycles. The van der Waals surface area contributed by atoms with Gasteiger partial charge in [-0.1, -0.05) is 0 Å². The topological polar surface area (TPSA) is 68.5 Å². The Hall–Kier alpha value is -2.67. The number of furan rings is 1. The van der Waals surface area contributed by atoms with Gasteiger partial charge in [-0.25, -0.2) is 9.18 Å². The molecule has 0 unspecified atom stereocenters. The van der Waals surface area contributed by atoms with Crippen LogP contribution >= 0.6 is 11.3 Å². The van der Waals surface area contributed by atoms with Crippen molar-refractivity contribution in [3.63, 3.8) is 0 Å². The van der Waals surface area contributed by atoms with Crippen molar-refractivity contribution in [3.8, 4) is 0 Å². The van der Waals surface area contributed by atoms with Crippen LogP contribution in [0.4, 0.5) is 9.39 Å². The number of carbonyl (C=O) groups is 2. The van der Waals surface area contributed by atoms with Crippen LogP contribution in [0.1, 0.15) is 36.9 Å². The van der Waals surface area contributed by atoms with Crippen LogP contribution in [0.15, 0.2) is 22.6 Å². The molecule has 1 aromatic carbocycles. The Morgan fingerprint density at radius 1 is 1.20 bits per heavy atom. The SMILES string of the molecule is COC(=O)c1c(NC(=O)c2oc3ccc(F)cc3c2C)sc(C)c1C. The fraction of sp³-hybridized carbons (Fsp3) is 0.222. The van der Waals surface area contributed by atoms with Gasteiger partial charge in [0.25, 0.3) is 5.91 Å². The highest BCUT2D eigenvalue weighted by atomic mass is 32.1. The van der Waals surface area contributed by atoms with Crippen molar-refractivity contribution in [3.05, 3.63) is 51.3 Å². The minimum Gasteiger partial charge on any atom is -0.465 e. The monoisotopic (exact) mass is 361 g/mol. The summed E-state index contributed by atoms with van der Waals surface area (Å²) in [4.78, 5) is 25.5. The second-order valence-electron chi connectivity index (χ2n) is 5.63. The molecular formula is C18H16FNO4S. The van der Waals surface area contributed by atoms with E-state index in [0.29, 0.717) is 27.1 Å². The summed E-state index contributed by atoms with van der Waals surface area (Å²) < 4.78 is 23.8. The van der Waals surface area contributed by atoms with E-state index in [9.17, 15) is 14.0 Å². The molecule has 2 heterocycles. The molecule has 7 heteroatoms. The molecular weight excluding hydrogens is 345 g/mol. The number of halogens is 1. The van der Waals surface area contributed by atoms with Gasteiger partial charge in [0.05, 0.1) is 12.7 Å². The van der Waals surface area contributed by atoms with Crippen molar-refractivity contribution >= 4 is 39.2 Å². The van der Waals surface area contributed by atoms with Gasteiger partial charge in [0.2, 0.25) is 0 Å². The van der Waals surface area contributed by atoms with Gasteiger partial charge in [0.1, 0.15) is 16.4 Å². The number of anilines is 1. The summed E-state index contributed by atoms with van der Waals surface area (Å²) in [5.74, 6) is -1.33. The second kappa shape index (κ2) is 6.33. The van der Waals surface area contributed by atoms with Crippen molar-refractivity contribution in [2.45, 2.75) is 20.8 Å². The molecule has 5 nitrogen and oxygen atoms in total. The van der Waals surface area contributed by atoms with E-state index >= 15 is 0 Å². The van der Waals surface area contributed by atoms with Gasteiger partial charge in [0.15, 0.2) is 5.76 Å². The normalized spacial score (nSPS) is 10.9. The van der Waals surface area contributed by atoms with Gasteiger partial charge in [0, 0.05) is 15.8 Å². The third kappa shape index (κ3) is 2.91. The zero-order chi connectivity index (χ0) is 18.3. The highest BCUT2D eigenvalue weighted by molar-refractivity contribution is 7.16. The minimum absolute atomic E-state index is 0.0834. The Morgan fingerprint density at radius 3 is 2.60 bits per heavy atom. The van der Waals surface area contributed by atoms with E-state index in [0.717, 1.165) is 10.4 Å². The van der Waals surface area contributed by atoms with Crippen LogP contribution in [0.5, 0.6) is 0 Å². The molecule has 130 valence electrons. The number of rotatable bonds is 3. The highest BCUT2D eigenvalue weighted by Crippen LogP contribution is 2.34. The lowest BCUT2D eigenvalue weighted by atomic mass is 10.1. The van der Waals surface area contributed by atoms with Crippen molar-refractivity contribution < 1.29 is 23.1 Å². The van der Waals surface area contributed by atoms with Crippen LogP contribution < -0.4 is 5.32 Å². The first-order chi connectivity index (χ1) is 11.8. The summed E-state index contributed by atoms with van der Waals surface area (Å²) in [5.41, 5.74) is 2.06. The van der Waals surface area contributed by atoms with Crippen LogP contribution in [-0.2, 0) is 4.74 Å². The van der Waals surface area contributed by atoms with Gasteiger partial charge in [-0.3, -0.25) is 4.79 Å². The number of carbonyl (C=O) groups excluding carboxylic acids is 2. The molecule has 0 fully saturated rings. The first-order valence-electron chi connectivity index (χ1n) is 7.51. The van der Waals surface area contributed by atoms with Crippen molar-refractivity contribution in [2.24, 2.45) is 0 Å².